The zero-order valence-corrected chi connectivity index (χ0v) is 18.6. The molecule has 0 bridgehead atoms. The van der Waals surface area contributed by atoms with Crippen LogP contribution in [0.5, 0.6) is 0 Å². The van der Waals surface area contributed by atoms with Crippen LogP contribution >= 0.6 is 0 Å². The minimum Gasteiger partial charge on any atom is -0.371 e. The fourth-order valence-electron chi connectivity index (χ4n) is 5.11. The molecule has 170 valence electrons. The molecule has 1 spiro atoms. The third-order valence-corrected chi connectivity index (χ3v) is 8.25. The van der Waals surface area contributed by atoms with Crippen molar-refractivity contribution in [3.05, 3.63) is 51.7 Å². The Labute approximate surface area is 184 Å². The Morgan fingerprint density at radius 3 is 2.34 bits per heavy atom. The van der Waals surface area contributed by atoms with Gasteiger partial charge >= 0.3 is 0 Å². The van der Waals surface area contributed by atoms with Gasteiger partial charge in [0.25, 0.3) is 11.5 Å². The van der Waals surface area contributed by atoms with Crippen LogP contribution in [0.1, 0.15) is 30.4 Å². The lowest BCUT2D eigenvalue weighted by atomic mass is 9.91. The number of hydrogen-bond acceptors (Lipinski definition) is 4. The summed E-state index contributed by atoms with van der Waals surface area (Å²) in [6, 6.07) is 2.49. The van der Waals surface area contributed by atoms with Crippen LogP contribution in [-0.2, 0) is 23.3 Å². The first-order chi connectivity index (χ1) is 14.9. The summed E-state index contributed by atoms with van der Waals surface area (Å²) in [4.78, 5) is 14.0. The SMILES string of the molecule is Cn1cc(-c2cc(S(C)(=O)=O)c(F)cc2N2CCC3(CC2)CC3(F)F)c2c(c1=O)CC=C2. The van der Waals surface area contributed by atoms with Crippen molar-refractivity contribution in [3.63, 3.8) is 0 Å². The smallest absolute Gasteiger partial charge is 0.254 e. The van der Waals surface area contributed by atoms with Crippen LogP contribution in [0.2, 0.25) is 0 Å². The maximum atomic E-state index is 14.9. The number of piperidine rings is 1. The lowest BCUT2D eigenvalue weighted by Gasteiger charge is -2.35. The first-order valence-corrected chi connectivity index (χ1v) is 12.4. The van der Waals surface area contributed by atoms with E-state index >= 15 is 0 Å². The number of hydrogen-bond donors (Lipinski definition) is 0. The number of aromatic nitrogens is 1. The third kappa shape index (κ3) is 3.12. The average molecular weight is 465 g/mol. The van der Waals surface area contributed by atoms with Crippen LogP contribution in [0, 0.1) is 11.2 Å². The van der Waals surface area contributed by atoms with E-state index in [0.717, 1.165) is 6.26 Å². The fourth-order valence-corrected chi connectivity index (χ4v) is 5.86. The molecule has 1 saturated heterocycles. The molecule has 0 amide bonds. The first kappa shape index (κ1) is 21.3. The molecule has 0 atom stereocenters. The minimum absolute atomic E-state index is 0.110. The van der Waals surface area contributed by atoms with Crippen molar-refractivity contribution in [2.24, 2.45) is 12.5 Å². The Hall–Kier alpha value is -2.55. The predicted octanol–water partition coefficient (Wildman–Crippen LogP) is 3.79. The van der Waals surface area contributed by atoms with E-state index in [0.29, 0.717) is 60.3 Å². The maximum absolute atomic E-state index is 14.9. The Balaban J connectivity index is 1.67. The van der Waals surface area contributed by atoms with Crippen molar-refractivity contribution >= 4 is 21.6 Å². The molecular weight excluding hydrogens is 441 g/mol. The second kappa shape index (κ2) is 6.73. The fraction of sp³-hybridized carbons (Fsp3) is 0.435. The van der Waals surface area contributed by atoms with Crippen molar-refractivity contribution in [2.45, 2.75) is 36.5 Å². The highest BCUT2D eigenvalue weighted by molar-refractivity contribution is 7.90. The standard InChI is InChI=1S/C23H23F3N2O3S/c1-27-12-17(14-4-3-5-15(14)21(27)29)16-10-20(32(2,30)31)18(24)11-19(16)28-8-6-22(7-9-28)13-23(22,25)26/h3-4,10-12H,5-9,13H2,1-2H3. The monoisotopic (exact) mass is 464 g/mol. The molecular formula is C23H23F3N2O3S. The summed E-state index contributed by atoms with van der Waals surface area (Å²) in [6.07, 6.45) is 7.18. The first-order valence-electron chi connectivity index (χ1n) is 10.5. The van der Waals surface area contributed by atoms with Crippen LogP contribution in [0.4, 0.5) is 18.9 Å². The quantitative estimate of drug-likeness (QED) is 0.694. The van der Waals surface area contributed by atoms with Gasteiger partial charge in [0.15, 0.2) is 9.84 Å². The molecule has 2 heterocycles. The topological polar surface area (TPSA) is 59.4 Å². The highest BCUT2D eigenvalue weighted by Gasteiger charge is 2.70. The predicted molar refractivity (Wildman–Crippen MR) is 116 cm³/mol. The lowest BCUT2D eigenvalue weighted by molar-refractivity contribution is 0.0537. The Morgan fingerprint density at radius 1 is 1.09 bits per heavy atom. The van der Waals surface area contributed by atoms with Crippen molar-refractivity contribution in [2.75, 3.05) is 24.2 Å². The van der Waals surface area contributed by atoms with Crippen molar-refractivity contribution in [3.8, 4) is 11.1 Å². The number of fused-ring (bicyclic) bond motifs is 1. The van der Waals surface area contributed by atoms with Crippen LogP contribution in [0.15, 0.2) is 34.1 Å². The Kier molecular flexibility index (Phi) is 4.48. The number of halogens is 3. The summed E-state index contributed by atoms with van der Waals surface area (Å²) in [5.74, 6) is -3.52. The zero-order chi connectivity index (χ0) is 23.1. The van der Waals surface area contributed by atoms with Gasteiger partial charge < -0.3 is 9.47 Å². The molecule has 1 aliphatic heterocycles. The Bertz CT molecular complexity index is 1340. The number of allylic oxidation sites excluding steroid dienone is 1. The molecule has 32 heavy (non-hydrogen) atoms. The molecule has 2 aliphatic carbocycles. The van der Waals surface area contributed by atoms with Gasteiger partial charge in [-0.05, 0) is 37.0 Å². The van der Waals surface area contributed by atoms with Gasteiger partial charge in [-0.15, -0.1) is 0 Å². The molecule has 3 aliphatic rings. The number of aryl methyl sites for hydroxylation is 1. The van der Waals surface area contributed by atoms with E-state index in [2.05, 4.69) is 0 Å². The van der Waals surface area contributed by atoms with Gasteiger partial charge in [0.2, 0.25) is 0 Å². The van der Waals surface area contributed by atoms with Crippen molar-refractivity contribution < 1.29 is 21.6 Å². The number of rotatable bonds is 3. The third-order valence-electron chi connectivity index (χ3n) is 7.14. The summed E-state index contributed by atoms with van der Waals surface area (Å²) in [7, 11) is -2.23. The largest absolute Gasteiger partial charge is 0.371 e. The normalized spacial score (nSPS) is 20.6. The molecule has 1 aromatic heterocycles. The van der Waals surface area contributed by atoms with Crippen LogP contribution in [0.25, 0.3) is 17.2 Å². The Morgan fingerprint density at radius 2 is 1.75 bits per heavy atom. The molecule has 0 N–H and O–H groups in total. The molecule has 9 heteroatoms. The highest BCUT2D eigenvalue weighted by atomic mass is 32.2. The van der Waals surface area contributed by atoms with E-state index in [1.807, 2.05) is 17.1 Å². The van der Waals surface area contributed by atoms with E-state index in [4.69, 9.17) is 0 Å². The van der Waals surface area contributed by atoms with Crippen LogP contribution < -0.4 is 10.5 Å². The lowest BCUT2D eigenvalue weighted by Crippen LogP contribution is -2.37. The average Bonchev–Trinajstić information content (AvgIpc) is 3.05. The number of pyridine rings is 1. The summed E-state index contributed by atoms with van der Waals surface area (Å²) >= 11 is 0. The van der Waals surface area contributed by atoms with Gasteiger partial charge in [0.05, 0.1) is 0 Å². The number of benzene rings is 1. The van der Waals surface area contributed by atoms with Crippen molar-refractivity contribution in [1.82, 2.24) is 4.57 Å². The molecule has 2 fully saturated rings. The summed E-state index contributed by atoms with van der Waals surface area (Å²) < 4.78 is 68.5. The molecule has 5 rings (SSSR count). The minimum atomic E-state index is -3.85. The van der Waals surface area contributed by atoms with E-state index in [1.54, 1.807) is 13.2 Å². The summed E-state index contributed by atoms with van der Waals surface area (Å²) in [5, 5.41) is 0. The second-order valence-corrected chi connectivity index (χ2v) is 11.2. The van der Waals surface area contributed by atoms with E-state index in [1.165, 1.54) is 16.7 Å². The van der Waals surface area contributed by atoms with E-state index in [-0.39, 0.29) is 12.0 Å². The van der Waals surface area contributed by atoms with Gasteiger partial charge in [-0.2, -0.15) is 0 Å². The maximum Gasteiger partial charge on any atom is 0.254 e. The molecule has 1 aromatic carbocycles. The highest BCUT2D eigenvalue weighted by Crippen LogP contribution is 2.66. The van der Waals surface area contributed by atoms with Gasteiger partial charge in [-0.1, -0.05) is 12.2 Å². The molecule has 5 nitrogen and oxygen atoms in total. The summed E-state index contributed by atoms with van der Waals surface area (Å²) in [5.41, 5.74) is 1.72. The van der Waals surface area contributed by atoms with Gasteiger partial charge in [0.1, 0.15) is 10.7 Å². The van der Waals surface area contributed by atoms with Gasteiger partial charge in [-0.3, -0.25) is 4.79 Å². The van der Waals surface area contributed by atoms with Crippen molar-refractivity contribution in [1.29, 1.82) is 0 Å². The van der Waals surface area contributed by atoms with Gasteiger partial charge in [-0.25, -0.2) is 21.6 Å². The van der Waals surface area contributed by atoms with Gasteiger partial charge in [0, 0.05) is 66.8 Å². The van der Waals surface area contributed by atoms with E-state index < -0.39 is 31.9 Å². The van der Waals surface area contributed by atoms with E-state index in [9.17, 15) is 26.4 Å². The number of alkyl halides is 2. The number of sulfone groups is 1. The molecule has 2 aromatic rings. The van der Waals surface area contributed by atoms with Crippen LogP contribution in [-0.4, -0.2) is 38.3 Å². The molecule has 0 unspecified atom stereocenters. The molecule has 0 radical (unpaired) electrons. The summed E-state index contributed by atoms with van der Waals surface area (Å²) in [6.45, 7) is 0.647. The molecule has 1 saturated carbocycles. The zero-order valence-electron chi connectivity index (χ0n) is 17.8. The number of nitrogens with zero attached hydrogens (tertiary/aromatic N) is 2. The number of anilines is 1. The van der Waals surface area contributed by atoms with Crippen LogP contribution in [0.3, 0.4) is 0 Å². The second-order valence-electron chi connectivity index (χ2n) is 9.18.